The van der Waals surface area contributed by atoms with E-state index >= 15 is 0 Å². The maximum absolute atomic E-state index is 12.5. The molecule has 0 unspecified atom stereocenters. The van der Waals surface area contributed by atoms with E-state index in [0.29, 0.717) is 19.3 Å². The van der Waals surface area contributed by atoms with Crippen molar-refractivity contribution in [3.8, 4) is 0 Å². The number of aromatic amines is 1. The molecular formula is C12H17N3O2. The minimum absolute atomic E-state index is 0.132. The molecule has 3 rings (SSSR count). The van der Waals surface area contributed by atoms with E-state index < -0.39 is 5.41 Å². The normalized spacial score (nSPS) is 23.3. The van der Waals surface area contributed by atoms with Crippen molar-refractivity contribution >= 4 is 5.91 Å². The molecule has 1 aliphatic heterocycles. The van der Waals surface area contributed by atoms with Gasteiger partial charge in [0.05, 0.1) is 11.1 Å². The smallest absolute Gasteiger partial charge is 0.232 e. The van der Waals surface area contributed by atoms with Crippen LogP contribution in [0.25, 0.3) is 0 Å². The van der Waals surface area contributed by atoms with Crippen molar-refractivity contribution in [2.24, 2.45) is 0 Å². The molecule has 92 valence electrons. The van der Waals surface area contributed by atoms with E-state index in [1.165, 1.54) is 0 Å². The highest BCUT2D eigenvalue weighted by Gasteiger charge is 2.44. The lowest BCUT2D eigenvalue weighted by Gasteiger charge is -2.34. The molecule has 1 aliphatic carbocycles. The van der Waals surface area contributed by atoms with Crippen LogP contribution in [0.3, 0.4) is 0 Å². The molecule has 1 aromatic rings. The van der Waals surface area contributed by atoms with Gasteiger partial charge in [-0.3, -0.25) is 9.89 Å². The van der Waals surface area contributed by atoms with Gasteiger partial charge in [-0.2, -0.15) is 5.10 Å². The molecule has 1 saturated heterocycles. The van der Waals surface area contributed by atoms with Crippen LogP contribution in [0.1, 0.15) is 31.4 Å². The monoisotopic (exact) mass is 235 g/mol. The predicted octanol–water partition coefficient (Wildman–Crippen LogP) is 0.736. The molecule has 2 aliphatic rings. The minimum atomic E-state index is -0.461. The van der Waals surface area contributed by atoms with Gasteiger partial charge in [-0.1, -0.05) is 0 Å². The average Bonchev–Trinajstić information content (AvgIpc) is 3.00. The standard InChI is InChI=1S/C12H17N3O2/c16-11(14-9-1-2-9)12(4-7-17-8-5-12)10-3-6-13-15-10/h3,6,9H,1-2,4-5,7-8H2,(H,13,15)(H,14,16). The van der Waals surface area contributed by atoms with Crippen molar-refractivity contribution in [2.75, 3.05) is 13.2 Å². The third-order valence-corrected chi connectivity index (χ3v) is 3.71. The van der Waals surface area contributed by atoms with Gasteiger partial charge >= 0.3 is 0 Å². The molecule has 0 spiro atoms. The van der Waals surface area contributed by atoms with Crippen LogP contribution in [0.2, 0.25) is 0 Å². The van der Waals surface area contributed by atoms with E-state index in [2.05, 4.69) is 15.5 Å². The largest absolute Gasteiger partial charge is 0.381 e. The van der Waals surface area contributed by atoms with Gasteiger partial charge in [-0.25, -0.2) is 0 Å². The summed E-state index contributed by atoms with van der Waals surface area (Å²) in [5, 5.41) is 10.0. The van der Waals surface area contributed by atoms with E-state index in [1.54, 1.807) is 6.20 Å². The van der Waals surface area contributed by atoms with Crippen molar-refractivity contribution in [3.05, 3.63) is 18.0 Å². The molecule has 5 heteroatoms. The van der Waals surface area contributed by atoms with Crippen molar-refractivity contribution in [2.45, 2.75) is 37.1 Å². The van der Waals surface area contributed by atoms with Crippen molar-refractivity contribution in [3.63, 3.8) is 0 Å². The van der Waals surface area contributed by atoms with Crippen LogP contribution in [0, 0.1) is 0 Å². The van der Waals surface area contributed by atoms with Gasteiger partial charge < -0.3 is 10.1 Å². The Morgan fingerprint density at radius 3 is 2.82 bits per heavy atom. The fourth-order valence-electron chi connectivity index (χ4n) is 2.41. The van der Waals surface area contributed by atoms with Crippen LogP contribution in [0.4, 0.5) is 0 Å². The van der Waals surface area contributed by atoms with E-state index in [0.717, 1.165) is 31.4 Å². The molecule has 1 amide bonds. The Kier molecular flexibility index (Phi) is 2.63. The molecular weight excluding hydrogens is 218 g/mol. The molecule has 2 fully saturated rings. The van der Waals surface area contributed by atoms with Crippen molar-refractivity contribution in [1.82, 2.24) is 15.5 Å². The summed E-state index contributed by atoms with van der Waals surface area (Å²) in [4.78, 5) is 12.5. The van der Waals surface area contributed by atoms with E-state index in [1.807, 2.05) is 6.07 Å². The fourth-order valence-corrected chi connectivity index (χ4v) is 2.41. The van der Waals surface area contributed by atoms with Gasteiger partial charge in [0.2, 0.25) is 5.91 Å². The first-order chi connectivity index (χ1) is 8.31. The van der Waals surface area contributed by atoms with E-state index in [-0.39, 0.29) is 5.91 Å². The summed E-state index contributed by atoms with van der Waals surface area (Å²) < 4.78 is 5.38. The summed E-state index contributed by atoms with van der Waals surface area (Å²) in [5.74, 6) is 0.132. The molecule has 0 bridgehead atoms. The number of aromatic nitrogens is 2. The third kappa shape index (κ3) is 1.95. The Hall–Kier alpha value is -1.36. The number of H-pyrrole nitrogens is 1. The first-order valence-electron chi connectivity index (χ1n) is 6.20. The highest BCUT2D eigenvalue weighted by molar-refractivity contribution is 5.88. The summed E-state index contributed by atoms with van der Waals surface area (Å²) in [6.07, 6.45) is 5.39. The summed E-state index contributed by atoms with van der Waals surface area (Å²) in [6.45, 7) is 1.27. The Morgan fingerprint density at radius 2 is 2.24 bits per heavy atom. The number of nitrogens with zero attached hydrogens (tertiary/aromatic N) is 1. The number of carbonyl (C=O) groups excluding carboxylic acids is 1. The lowest BCUT2D eigenvalue weighted by Crippen LogP contribution is -2.49. The highest BCUT2D eigenvalue weighted by Crippen LogP contribution is 2.35. The summed E-state index contributed by atoms with van der Waals surface area (Å²) in [7, 11) is 0. The first-order valence-corrected chi connectivity index (χ1v) is 6.20. The summed E-state index contributed by atoms with van der Waals surface area (Å²) in [6, 6.07) is 2.29. The van der Waals surface area contributed by atoms with Gasteiger partial charge in [0.15, 0.2) is 0 Å². The van der Waals surface area contributed by atoms with Crippen LogP contribution in [0.5, 0.6) is 0 Å². The Morgan fingerprint density at radius 1 is 1.47 bits per heavy atom. The van der Waals surface area contributed by atoms with Crippen molar-refractivity contribution in [1.29, 1.82) is 0 Å². The highest BCUT2D eigenvalue weighted by atomic mass is 16.5. The number of rotatable bonds is 3. The number of hydrogen-bond donors (Lipinski definition) is 2. The Labute approximate surface area is 99.9 Å². The molecule has 2 N–H and O–H groups in total. The van der Waals surface area contributed by atoms with Crippen molar-refractivity contribution < 1.29 is 9.53 Å². The zero-order chi connectivity index (χ0) is 11.7. The number of carbonyl (C=O) groups is 1. The minimum Gasteiger partial charge on any atom is -0.381 e. The molecule has 1 aromatic heterocycles. The second-order valence-electron chi connectivity index (χ2n) is 4.91. The van der Waals surface area contributed by atoms with Gasteiger partial charge in [0, 0.05) is 25.5 Å². The van der Waals surface area contributed by atoms with Gasteiger partial charge in [0.1, 0.15) is 0 Å². The number of ether oxygens (including phenoxy) is 1. The first kappa shape index (κ1) is 10.8. The topological polar surface area (TPSA) is 67.0 Å². The maximum Gasteiger partial charge on any atom is 0.232 e. The van der Waals surface area contributed by atoms with Gasteiger partial charge in [0.25, 0.3) is 0 Å². The van der Waals surface area contributed by atoms with E-state index in [9.17, 15) is 4.79 Å². The van der Waals surface area contributed by atoms with Gasteiger partial charge in [-0.05, 0) is 31.7 Å². The van der Waals surface area contributed by atoms with Crippen LogP contribution in [-0.2, 0) is 14.9 Å². The Bertz CT molecular complexity index is 392. The predicted molar refractivity (Wildman–Crippen MR) is 61.5 cm³/mol. The molecule has 5 nitrogen and oxygen atoms in total. The molecule has 17 heavy (non-hydrogen) atoms. The van der Waals surface area contributed by atoms with Crippen LogP contribution in [-0.4, -0.2) is 35.4 Å². The fraction of sp³-hybridized carbons (Fsp3) is 0.667. The number of nitrogens with one attached hydrogen (secondary N) is 2. The molecule has 2 heterocycles. The lowest BCUT2D eigenvalue weighted by atomic mass is 9.76. The Balaban J connectivity index is 1.86. The third-order valence-electron chi connectivity index (χ3n) is 3.71. The van der Waals surface area contributed by atoms with Gasteiger partial charge in [-0.15, -0.1) is 0 Å². The maximum atomic E-state index is 12.5. The van der Waals surface area contributed by atoms with Crippen LogP contribution < -0.4 is 5.32 Å². The lowest BCUT2D eigenvalue weighted by molar-refractivity contribution is -0.130. The second kappa shape index (κ2) is 4.14. The van der Waals surface area contributed by atoms with Crippen LogP contribution in [0.15, 0.2) is 12.3 Å². The molecule has 0 atom stereocenters. The van der Waals surface area contributed by atoms with Crippen LogP contribution >= 0.6 is 0 Å². The number of amides is 1. The number of hydrogen-bond acceptors (Lipinski definition) is 3. The SMILES string of the molecule is O=C(NC1CC1)C1(c2ccn[nH]2)CCOCC1. The zero-order valence-corrected chi connectivity index (χ0v) is 9.74. The average molecular weight is 235 g/mol. The molecule has 0 radical (unpaired) electrons. The second-order valence-corrected chi connectivity index (χ2v) is 4.91. The molecule has 1 saturated carbocycles. The summed E-state index contributed by atoms with van der Waals surface area (Å²) in [5.41, 5.74) is 0.455. The zero-order valence-electron chi connectivity index (χ0n) is 9.74. The molecule has 0 aromatic carbocycles. The summed E-state index contributed by atoms with van der Waals surface area (Å²) >= 11 is 0. The quantitative estimate of drug-likeness (QED) is 0.812. The van der Waals surface area contributed by atoms with E-state index in [4.69, 9.17) is 4.74 Å².